The van der Waals surface area contributed by atoms with E-state index in [0.717, 1.165) is 7.11 Å². The van der Waals surface area contributed by atoms with Crippen LogP contribution in [0, 0.1) is 0 Å². The van der Waals surface area contributed by atoms with Crippen molar-refractivity contribution in [3.8, 4) is 0 Å². The predicted molar refractivity (Wildman–Crippen MR) is 82.3 cm³/mol. The third-order valence-corrected chi connectivity index (χ3v) is 5.71. The summed E-state index contributed by atoms with van der Waals surface area (Å²) < 4.78 is 23.1. The fraction of sp³-hybridized carbons (Fsp3) is 0.308. The van der Waals surface area contributed by atoms with Gasteiger partial charge in [0.15, 0.2) is 5.66 Å². The van der Waals surface area contributed by atoms with Gasteiger partial charge in [-0.3, -0.25) is 9.36 Å². The molecule has 9 heteroatoms. The second-order valence-electron chi connectivity index (χ2n) is 4.27. The first kappa shape index (κ1) is 17.9. The summed E-state index contributed by atoms with van der Waals surface area (Å²) in [4.78, 5) is 22.8. The van der Waals surface area contributed by atoms with Gasteiger partial charge in [0.25, 0.3) is 7.37 Å². The van der Waals surface area contributed by atoms with Crippen molar-refractivity contribution in [2.75, 3.05) is 14.2 Å². The Balaban J connectivity index is 3.36. The number of rotatable bonds is 6. The van der Waals surface area contributed by atoms with Crippen molar-refractivity contribution in [3.05, 3.63) is 30.3 Å². The number of nitrogens with one attached hydrogen (secondary N) is 1. The number of methoxy groups -OCH3 is 1. The van der Waals surface area contributed by atoms with Gasteiger partial charge in [-0.2, -0.15) is 5.10 Å². The Bertz CT molecular complexity index is 617. The van der Waals surface area contributed by atoms with Gasteiger partial charge in [-0.1, -0.05) is 18.2 Å². The van der Waals surface area contributed by atoms with Crippen LogP contribution in [-0.2, 0) is 18.6 Å². The summed E-state index contributed by atoms with van der Waals surface area (Å²) in [6, 6.07) is 7.33. The Labute approximate surface area is 128 Å². The molecule has 0 radical (unpaired) electrons. The second kappa shape index (κ2) is 7.72. The molecule has 8 nitrogen and oxygen atoms in total. The third kappa shape index (κ3) is 3.93. The number of carbonyl (C=O) groups is 2. The number of nitrogens with two attached hydrogens (primary N) is 1. The minimum atomic E-state index is -3.65. The molecule has 1 rings (SSSR count). The molecule has 0 aliphatic carbocycles. The van der Waals surface area contributed by atoms with E-state index in [1.54, 1.807) is 30.3 Å². The molecule has 0 aliphatic heterocycles. The normalized spacial score (nSPS) is 15.5. The van der Waals surface area contributed by atoms with E-state index in [0.29, 0.717) is 5.30 Å². The van der Waals surface area contributed by atoms with E-state index < -0.39 is 25.0 Å². The van der Waals surface area contributed by atoms with E-state index in [4.69, 9.17) is 15.0 Å². The average Bonchev–Trinajstić information content (AvgIpc) is 2.53. The van der Waals surface area contributed by atoms with Crippen molar-refractivity contribution in [1.29, 1.82) is 0 Å². The smallest absolute Gasteiger partial charge is 0.332 e. The number of benzene rings is 1. The molecule has 3 N–H and O–H groups in total. The molecule has 2 unspecified atom stereocenters. The highest BCUT2D eigenvalue weighted by atomic mass is 31.2. The van der Waals surface area contributed by atoms with Crippen LogP contribution >= 0.6 is 7.37 Å². The Morgan fingerprint density at radius 3 is 2.32 bits per heavy atom. The summed E-state index contributed by atoms with van der Waals surface area (Å²) in [7, 11) is -1.25. The minimum Gasteiger partial charge on any atom is -0.468 e. The molecule has 1 aromatic rings. The first-order chi connectivity index (χ1) is 10.4. The van der Waals surface area contributed by atoms with Crippen molar-refractivity contribution in [2.45, 2.75) is 12.6 Å². The maximum atomic E-state index is 13.2. The predicted octanol–water partition coefficient (Wildman–Crippen LogP) is 0.822. The number of nitrogens with zero attached hydrogens (tertiary/aromatic N) is 1. The van der Waals surface area contributed by atoms with Crippen LogP contribution in [0.5, 0.6) is 0 Å². The Kier molecular flexibility index (Phi) is 6.27. The van der Waals surface area contributed by atoms with E-state index in [9.17, 15) is 14.2 Å². The topological polar surface area (TPSA) is 120 Å². The van der Waals surface area contributed by atoms with Crippen LogP contribution in [-0.4, -0.2) is 37.6 Å². The molecule has 0 saturated heterocycles. The van der Waals surface area contributed by atoms with Gasteiger partial charge in [0, 0.05) is 12.4 Å². The summed E-state index contributed by atoms with van der Waals surface area (Å²) in [5.41, 5.74) is 5.68. The lowest BCUT2D eigenvalue weighted by atomic mass is 10.3. The highest BCUT2D eigenvalue weighted by molar-refractivity contribution is 7.69. The molecule has 0 aliphatic rings. The minimum absolute atomic E-state index is 0.0553. The van der Waals surface area contributed by atoms with Crippen LogP contribution in [0.4, 0.5) is 4.79 Å². The number of hydrazone groups is 1. The molecule has 0 bridgehead atoms. The highest BCUT2D eigenvalue weighted by Crippen LogP contribution is 2.51. The summed E-state index contributed by atoms with van der Waals surface area (Å²) in [5, 5.41) is 4.01. The summed E-state index contributed by atoms with van der Waals surface area (Å²) in [6.07, 6.45) is 0. The average molecular weight is 327 g/mol. The molecule has 22 heavy (non-hydrogen) atoms. The van der Waals surface area contributed by atoms with E-state index in [1.165, 1.54) is 14.0 Å². The van der Waals surface area contributed by atoms with E-state index >= 15 is 0 Å². The summed E-state index contributed by atoms with van der Waals surface area (Å²) in [6.45, 7) is 1.42. The molecule has 1 aromatic carbocycles. The quantitative estimate of drug-likeness (QED) is 0.347. The Morgan fingerprint density at radius 1 is 1.27 bits per heavy atom. The number of primary amides is 1. The molecule has 0 fully saturated rings. The zero-order chi connectivity index (χ0) is 16.8. The molecule has 0 aromatic heterocycles. The zero-order valence-electron chi connectivity index (χ0n) is 12.5. The van der Waals surface area contributed by atoms with Crippen LogP contribution in [0.3, 0.4) is 0 Å². The summed E-state index contributed by atoms with van der Waals surface area (Å²) >= 11 is 0. The van der Waals surface area contributed by atoms with Gasteiger partial charge in [-0.15, -0.1) is 0 Å². The maximum Gasteiger partial charge on any atom is 0.332 e. The molecular formula is C13H18N3O5P. The molecular weight excluding hydrogens is 309 g/mol. The van der Waals surface area contributed by atoms with Gasteiger partial charge in [0.1, 0.15) is 0 Å². The van der Waals surface area contributed by atoms with Gasteiger partial charge in [-0.05, 0) is 19.1 Å². The van der Waals surface area contributed by atoms with E-state index in [1.807, 2.05) is 5.43 Å². The third-order valence-electron chi connectivity index (χ3n) is 2.89. The molecule has 120 valence electrons. The number of urea groups is 1. The zero-order valence-corrected chi connectivity index (χ0v) is 13.4. The second-order valence-corrected chi connectivity index (χ2v) is 6.86. The van der Waals surface area contributed by atoms with Crippen LogP contribution in [0.1, 0.15) is 6.92 Å². The first-order valence-electron chi connectivity index (χ1n) is 6.25. The van der Waals surface area contributed by atoms with Crippen molar-refractivity contribution < 1.29 is 23.4 Å². The molecule has 0 spiro atoms. The largest absolute Gasteiger partial charge is 0.468 e. The highest BCUT2D eigenvalue weighted by Gasteiger charge is 2.43. The number of hydrogen-bond acceptors (Lipinski definition) is 6. The molecule has 0 saturated carbocycles. The first-order valence-corrected chi connectivity index (χ1v) is 7.94. The van der Waals surface area contributed by atoms with Crippen LogP contribution in [0.2, 0.25) is 0 Å². The number of amides is 2. The van der Waals surface area contributed by atoms with E-state index in [-0.39, 0.29) is 5.71 Å². The fourth-order valence-corrected chi connectivity index (χ4v) is 4.11. The Hall–Kier alpha value is -2.18. The monoisotopic (exact) mass is 327 g/mol. The van der Waals surface area contributed by atoms with Gasteiger partial charge < -0.3 is 15.0 Å². The van der Waals surface area contributed by atoms with Crippen LogP contribution in [0.25, 0.3) is 0 Å². The Morgan fingerprint density at radius 2 is 1.86 bits per heavy atom. The van der Waals surface area contributed by atoms with Crippen molar-refractivity contribution in [2.24, 2.45) is 10.8 Å². The number of esters is 1. The van der Waals surface area contributed by atoms with E-state index in [2.05, 4.69) is 5.10 Å². The summed E-state index contributed by atoms with van der Waals surface area (Å²) in [5.74, 6) is -0.790. The van der Waals surface area contributed by atoms with Crippen LogP contribution in [0.15, 0.2) is 35.4 Å². The lowest BCUT2D eigenvalue weighted by Gasteiger charge is -2.24. The number of ether oxygens (including phenoxy) is 1. The van der Waals surface area contributed by atoms with Gasteiger partial charge in [-0.25, -0.2) is 10.2 Å². The van der Waals surface area contributed by atoms with Crippen molar-refractivity contribution in [1.82, 2.24) is 5.43 Å². The number of hydrogen-bond donors (Lipinski definition) is 2. The molecule has 2 amide bonds. The van der Waals surface area contributed by atoms with Gasteiger partial charge >= 0.3 is 12.0 Å². The lowest BCUT2D eigenvalue weighted by molar-refractivity contribution is -0.138. The maximum absolute atomic E-state index is 13.2. The van der Waals surface area contributed by atoms with Gasteiger partial charge in [0.05, 0.1) is 12.8 Å². The SMILES string of the molecule is COC(=O)C(/C(C)=N/NC(N)=O)P(=O)(OC)c1ccccc1. The van der Waals surface area contributed by atoms with Crippen molar-refractivity contribution in [3.63, 3.8) is 0 Å². The molecule has 0 heterocycles. The number of carbonyl (C=O) groups excluding carboxylic acids is 2. The molecule has 2 atom stereocenters. The van der Waals surface area contributed by atoms with Crippen molar-refractivity contribution >= 4 is 30.4 Å². The standard InChI is InChI=1S/C13H18N3O5P/c1-9(15-16-13(14)18)11(12(17)20-2)22(19,21-3)10-7-5-4-6-8-10/h4-8,11H,1-3H3,(H3,14,16,18)/b15-9+. The fourth-order valence-electron chi connectivity index (χ4n) is 1.87. The lowest BCUT2D eigenvalue weighted by Crippen LogP contribution is -2.36. The van der Waals surface area contributed by atoms with Crippen LogP contribution < -0.4 is 16.5 Å². The van der Waals surface area contributed by atoms with Gasteiger partial charge in [0.2, 0.25) is 0 Å².